The molecule has 0 saturated heterocycles. The summed E-state index contributed by atoms with van der Waals surface area (Å²) in [4.78, 5) is 0. The molecular weight excluding hydrogens is 171 g/mol. The molecule has 1 atom stereocenters. The van der Waals surface area contributed by atoms with Crippen LogP contribution < -0.4 is 0 Å². The number of hydrogen-bond donors (Lipinski definition) is 1. The molecule has 0 fully saturated rings. The maximum Gasteiger partial charge on any atom is 0.214 e. The second-order valence-electron chi connectivity index (χ2n) is 2.56. The van der Waals surface area contributed by atoms with E-state index in [2.05, 4.69) is 0 Å². The standard InChI is InChI=1S/C10H11FO2/c1-13-10(12,7-8-11)9-5-3-2-4-6-9/h2-8,12H,1H3/b8-7-. The summed E-state index contributed by atoms with van der Waals surface area (Å²) in [5.74, 6) is -1.67. The van der Waals surface area contributed by atoms with E-state index < -0.39 is 5.79 Å². The topological polar surface area (TPSA) is 29.5 Å². The Labute approximate surface area is 76.3 Å². The lowest BCUT2D eigenvalue weighted by Gasteiger charge is -2.22. The van der Waals surface area contributed by atoms with Crippen LogP contribution in [0.1, 0.15) is 5.56 Å². The Kier molecular flexibility index (Phi) is 3.17. The Hall–Kier alpha value is -1.19. The molecule has 0 heterocycles. The molecule has 1 rings (SSSR count). The first-order valence-corrected chi connectivity index (χ1v) is 3.84. The van der Waals surface area contributed by atoms with Crippen LogP contribution in [0.25, 0.3) is 0 Å². The Balaban J connectivity index is 3.03. The molecule has 70 valence electrons. The van der Waals surface area contributed by atoms with Gasteiger partial charge in [0, 0.05) is 18.7 Å². The van der Waals surface area contributed by atoms with Crippen LogP contribution in [0, 0.1) is 0 Å². The Morgan fingerprint density at radius 1 is 1.38 bits per heavy atom. The van der Waals surface area contributed by atoms with E-state index in [0.29, 0.717) is 5.56 Å². The van der Waals surface area contributed by atoms with E-state index in [-0.39, 0.29) is 6.33 Å². The smallest absolute Gasteiger partial charge is 0.214 e. The predicted octanol–water partition coefficient (Wildman–Crippen LogP) is 1.96. The number of aliphatic hydroxyl groups is 1. The van der Waals surface area contributed by atoms with Gasteiger partial charge in [-0.1, -0.05) is 30.3 Å². The minimum atomic E-state index is -1.67. The monoisotopic (exact) mass is 182 g/mol. The molecule has 0 bridgehead atoms. The third kappa shape index (κ3) is 2.14. The van der Waals surface area contributed by atoms with Crippen molar-refractivity contribution in [3.8, 4) is 0 Å². The summed E-state index contributed by atoms with van der Waals surface area (Å²) in [7, 11) is 1.31. The lowest BCUT2D eigenvalue weighted by molar-refractivity contribution is -0.154. The van der Waals surface area contributed by atoms with Crippen molar-refractivity contribution in [2.45, 2.75) is 5.79 Å². The van der Waals surface area contributed by atoms with Gasteiger partial charge in [0.2, 0.25) is 5.79 Å². The van der Waals surface area contributed by atoms with Gasteiger partial charge in [0.1, 0.15) is 0 Å². The molecule has 1 N–H and O–H groups in total. The lowest BCUT2D eigenvalue weighted by atomic mass is 10.1. The highest BCUT2D eigenvalue weighted by Gasteiger charge is 2.24. The average molecular weight is 182 g/mol. The molecule has 0 aliphatic carbocycles. The number of halogens is 1. The second kappa shape index (κ2) is 4.16. The Morgan fingerprint density at radius 2 is 2.00 bits per heavy atom. The maximum absolute atomic E-state index is 11.9. The van der Waals surface area contributed by atoms with Gasteiger partial charge >= 0.3 is 0 Å². The van der Waals surface area contributed by atoms with Crippen molar-refractivity contribution < 1.29 is 14.2 Å². The van der Waals surface area contributed by atoms with E-state index in [4.69, 9.17) is 4.74 Å². The minimum absolute atomic E-state index is 0.260. The molecule has 0 aliphatic rings. The van der Waals surface area contributed by atoms with E-state index in [1.54, 1.807) is 30.3 Å². The molecule has 3 heteroatoms. The van der Waals surface area contributed by atoms with Crippen LogP contribution in [-0.2, 0) is 10.5 Å². The summed E-state index contributed by atoms with van der Waals surface area (Å²) in [6.45, 7) is 0. The molecule has 1 unspecified atom stereocenters. The predicted molar refractivity (Wildman–Crippen MR) is 47.6 cm³/mol. The average Bonchev–Trinajstić information content (AvgIpc) is 2.19. The van der Waals surface area contributed by atoms with E-state index >= 15 is 0 Å². The zero-order chi connectivity index (χ0) is 9.73. The number of hydrogen-bond acceptors (Lipinski definition) is 2. The van der Waals surface area contributed by atoms with Crippen LogP contribution in [0.15, 0.2) is 42.7 Å². The first-order valence-electron chi connectivity index (χ1n) is 3.84. The molecule has 1 aromatic carbocycles. The molecular formula is C10H11FO2. The van der Waals surface area contributed by atoms with Crippen LogP contribution in [0.5, 0.6) is 0 Å². The molecule has 0 amide bonds. The van der Waals surface area contributed by atoms with Gasteiger partial charge in [-0.15, -0.1) is 0 Å². The molecule has 1 aromatic rings. The van der Waals surface area contributed by atoms with Crippen LogP contribution in [0.2, 0.25) is 0 Å². The summed E-state index contributed by atoms with van der Waals surface area (Å²) in [5.41, 5.74) is 0.492. The highest BCUT2D eigenvalue weighted by molar-refractivity contribution is 5.23. The van der Waals surface area contributed by atoms with Crippen LogP contribution in [0.3, 0.4) is 0 Å². The van der Waals surface area contributed by atoms with Crippen LogP contribution in [0.4, 0.5) is 4.39 Å². The molecule has 13 heavy (non-hydrogen) atoms. The normalized spacial score (nSPS) is 15.9. The SMILES string of the molecule is COC(O)(/C=C\F)c1ccccc1. The Bertz CT molecular complexity index is 284. The Morgan fingerprint density at radius 3 is 2.46 bits per heavy atom. The first kappa shape index (κ1) is 9.89. The highest BCUT2D eigenvalue weighted by Crippen LogP contribution is 2.22. The molecule has 0 radical (unpaired) electrons. The van der Waals surface area contributed by atoms with Gasteiger partial charge in [0.15, 0.2) is 0 Å². The fourth-order valence-corrected chi connectivity index (χ4v) is 1.04. The van der Waals surface area contributed by atoms with Gasteiger partial charge in [-0.05, 0) is 0 Å². The zero-order valence-corrected chi connectivity index (χ0v) is 7.27. The highest BCUT2D eigenvalue weighted by atomic mass is 19.1. The fraction of sp³-hybridized carbons (Fsp3) is 0.200. The van der Waals surface area contributed by atoms with Gasteiger partial charge in [0.05, 0.1) is 6.33 Å². The van der Waals surface area contributed by atoms with Gasteiger partial charge in [0.25, 0.3) is 0 Å². The van der Waals surface area contributed by atoms with Crippen molar-refractivity contribution >= 4 is 0 Å². The molecule has 2 nitrogen and oxygen atoms in total. The van der Waals surface area contributed by atoms with Crippen molar-refractivity contribution in [3.05, 3.63) is 48.3 Å². The minimum Gasteiger partial charge on any atom is -0.359 e. The molecule has 0 aliphatic heterocycles. The van der Waals surface area contributed by atoms with Gasteiger partial charge in [-0.2, -0.15) is 0 Å². The zero-order valence-electron chi connectivity index (χ0n) is 7.27. The van der Waals surface area contributed by atoms with Gasteiger partial charge in [-0.3, -0.25) is 0 Å². The maximum atomic E-state index is 11.9. The molecule has 0 spiro atoms. The van der Waals surface area contributed by atoms with E-state index in [0.717, 1.165) is 6.08 Å². The third-order valence-corrected chi connectivity index (χ3v) is 1.79. The molecule has 0 aromatic heterocycles. The summed E-state index contributed by atoms with van der Waals surface area (Å²) in [6, 6.07) is 8.60. The van der Waals surface area contributed by atoms with Gasteiger partial charge in [-0.25, -0.2) is 4.39 Å². The van der Waals surface area contributed by atoms with Crippen molar-refractivity contribution in [1.82, 2.24) is 0 Å². The van der Waals surface area contributed by atoms with Gasteiger partial charge < -0.3 is 9.84 Å². The lowest BCUT2D eigenvalue weighted by Crippen LogP contribution is -2.24. The first-order chi connectivity index (χ1) is 6.23. The number of rotatable bonds is 3. The third-order valence-electron chi connectivity index (χ3n) is 1.79. The summed E-state index contributed by atoms with van der Waals surface area (Å²) in [5, 5.41) is 9.74. The van der Waals surface area contributed by atoms with E-state index in [1.165, 1.54) is 7.11 Å². The number of methoxy groups -OCH3 is 1. The van der Waals surface area contributed by atoms with Crippen molar-refractivity contribution in [2.24, 2.45) is 0 Å². The fourth-order valence-electron chi connectivity index (χ4n) is 1.04. The van der Waals surface area contributed by atoms with E-state index in [1.807, 2.05) is 0 Å². The van der Waals surface area contributed by atoms with Crippen molar-refractivity contribution in [1.29, 1.82) is 0 Å². The quantitative estimate of drug-likeness (QED) is 0.724. The summed E-state index contributed by atoms with van der Waals surface area (Å²) < 4.78 is 16.7. The summed E-state index contributed by atoms with van der Waals surface area (Å²) >= 11 is 0. The van der Waals surface area contributed by atoms with Crippen LogP contribution in [-0.4, -0.2) is 12.2 Å². The largest absolute Gasteiger partial charge is 0.359 e. The molecule has 0 saturated carbocycles. The van der Waals surface area contributed by atoms with E-state index in [9.17, 15) is 9.50 Å². The summed E-state index contributed by atoms with van der Waals surface area (Å²) in [6.07, 6.45) is 1.21. The van der Waals surface area contributed by atoms with Crippen molar-refractivity contribution in [3.63, 3.8) is 0 Å². The second-order valence-corrected chi connectivity index (χ2v) is 2.56. The number of ether oxygens (including phenoxy) is 1. The van der Waals surface area contributed by atoms with Crippen LogP contribution >= 0.6 is 0 Å². The number of benzene rings is 1. The van der Waals surface area contributed by atoms with Crippen molar-refractivity contribution in [2.75, 3.05) is 7.11 Å².